The molecule has 10 nitrogen and oxygen atoms in total. The van der Waals surface area contributed by atoms with Gasteiger partial charge in [0.25, 0.3) is 5.91 Å². The minimum absolute atomic E-state index is 0.120. The molecule has 3 aromatic heterocycles. The lowest BCUT2D eigenvalue weighted by Gasteiger charge is -2.39. The summed E-state index contributed by atoms with van der Waals surface area (Å²) in [5.41, 5.74) is 2.07. The van der Waals surface area contributed by atoms with Gasteiger partial charge in [0.15, 0.2) is 0 Å². The molecule has 3 aromatic rings. The summed E-state index contributed by atoms with van der Waals surface area (Å²) in [5, 5.41) is 11.2. The van der Waals surface area contributed by atoms with Crippen molar-refractivity contribution in [1.29, 1.82) is 0 Å². The number of rotatable bonds is 5. The van der Waals surface area contributed by atoms with E-state index in [1.54, 1.807) is 16.6 Å². The third-order valence-corrected chi connectivity index (χ3v) is 8.24. The van der Waals surface area contributed by atoms with Crippen molar-refractivity contribution in [2.24, 2.45) is 0 Å². The summed E-state index contributed by atoms with van der Waals surface area (Å²) >= 11 is 2.87. The SMILES string of the molecule is CCN(C(=O)c1csc(C2CCN(C(=O)N3CCN(c4ccccn4)CC3)CC2)n1)c1nncs1. The van der Waals surface area contributed by atoms with E-state index in [9.17, 15) is 9.59 Å². The molecule has 0 unspecified atom stereocenters. The molecule has 0 N–H and O–H groups in total. The maximum absolute atomic E-state index is 13.1. The summed E-state index contributed by atoms with van der Waals surface area (Å²) in [4.78, 5) is 42.9. The van der Waals surface area contributed by atoms with Crippen LogP contribution in [0.2, 0.25) is 0 Å². The molecule has 5 heterocycles. The first-order chi connectivity index (χ1) is 17.1. The van der Waals surface area contributed by atoms with Gasteiger partial charge in [-0.25, -0.2) is 14.8 Å². The lowest BCUT2D eigenvalue weighted by molar-refractivity contribution is 0.0983. The van der Waals surface area contributed by atoms with Gasteiger partial charge in [0.05, 0.1) is 5.01 Å². The summed E-state index contributed by atoms with van der Waals surface area (Å²) in [6, 6.07) is 6.03. The lowest BCUT2D eigenvalue weighted by Crippen LogP contribution is -2.54. The molecule has 35 heavy (non-hydrogen) atoms. The normalized spacial score (nSPS) is 17.0. The minimum atomic E-state index is -0.149. The summed E-state index contributed by atoms with van der Waals surface area (Å²) in [7, 11) is 0. The molecule has 0 bridgehead atoms. The fourth-order valence-corrected chi connectivity index (χ4v) is 6.13. The van der Waals surface area contributed by atoms with Crippen molar-refractivity contribution in [2.45, 2.75) is 25.7 Å². The molecular formula is C23H28N8O2S2. The van der Waals surface area contributed by atoms with Crippen molar-refractivity contribution < 1.29 is 9.59 Å². The Labute approximate surface area is 212 Å². The molecule has 184 valence electrons. The Kier molecular flexibility index (Phi) is 7.19. The first-order valence-electron chi connectivity index (χ1n) is 11.9. The highest BCUT2D eigenvalue weighted by Crippen LogP contribution is 2.31. The van der Waals surface area contributed by atoms with Crippen molar-refractivity contribution >= 4 is 45.6 Å². The van der Waals surface area contributed by atoms with Crippen molar-refractivity contribution in [3.63, 3.8) is 0 Å². The Hall–Kier alpha value is -3.12. The van der Waals surface area contributed by atoms with Crippen LogP contribution in [0.1, 0.15) is 41.2 Å². The molecule has 0 aromatic carbocycles. The number of likely N-dealkylation sites (tertiary alicyclic amines) is 1. The maximum Gasteiger partial charge on any atom is 0.320 e. The molecule has 0 saturated carbocycles. The number of piperidine rings is 1. The summed E-state index contributed by atoms with van der Waals surface area (Å²) in [6.45, 7) is 6.83. The zero-order valence-electron chi connectivity index (χ0n) is 19.6. The van der Waals surface area contributed by atoms with Gasteiger partial charge in [-0.2, -0.15) is 0 Å². The molecule has 2 fully saturated rings. The van der Waals surface area contributed by atoms with E-state index >= 15 is 0 Å². The Morgan fingerprint density at radius 1 is 1.06 bits per heavy atom. The smallest absolute Gasteiger partial charge is 0.320 e. The van der Waals surface area contributed by atoms with E-state index in [1.807, 2.05) is 40.3 Å². The van der Waals surface area contributed by atoms with Gasteiger partial charge in [0.2, 0.25) is 5.13 Å². The van der Waals surface area contributed by atoms with Crippen LogP contribution in [0.5, 0.6) is 0 Å². The van der Waals surface area contributed by atoms with Crippen LogP contribution < -0.4 is 9.80 Å². The molecule has 0 atom stereocenters. The number of thiazole rings is 1. The van der Waals surface area contributed by atoms with Gasteiger partial charge >= 0.3 is 6.03 Å². The monoisotopic (exact) mass is 512 g/mol. The fourth-order valence-electron chi connectivity index (χ4n) is 4.55. The topological polar surface area (TPSA) is 98.7 Å². The molecular weight excluding hydrogens is 484 g/mol. The first kappa shape index (κ1) is 23.6. The predicted octanol–water partition coefficient (Wildman–Crippen LogP) is 3.18. The van der Waals surface area contributed by atoms with E-state index in [4.69, 9.17) is 0 Å². The molecule has 0 radical (unpaired) electrons. The highest BCUT2D eigenvalue weighted by Gasteiger charge is 2.31. The number of carbonyl (C=O) groups is 2. The Bertz CT molecular complexity index is 1120. The number of nitrogens with zero attached hydrogens (tertiary/aromatic N) is 8. The van der Waals surface area contributed by atoms with Crippen LogP contribution in [0.3, 0.4) is 0 Å². The minimum Gasteiger partial charge on any atom is -0.353 e. The average molecular weight is 513 g/mol. The zero-order valence-corrected chi connectivity index (χ0v) is 21.2. The van der Waals surface area contributed by atoms with E-state index in [-0.39, 0.29) is 17.9 Å². The second-order valence-corrected chi connectivity index (χ2v) is 10.2. The van der Waals surface area contributed by atoms with Crippen LogP contribution in [-0.4, -0.2) is 87.7 Å². The Morgan fingerprint density at radius 2 is 1.83 bits per heavy atom. The second kappa shape index (κ2) is 10.6. The molecule has 0 spiro atoms. The van der Waals surface area contributed by atoms with Crippen molar-refractivity contribution in [2.75, 3.05) is 55.6 Å². The van der Waals surface area contributed by atoms with Crippen molar-refractivity contribution in [1.82, 2.24) is 30.0 Å². The summed E-state index contributed by atoms with van der Waals surface area (Å²) < 4.78 is 0. The number of anilines is 2. The van der Waals surface area contributed by atoms with Crippen molar-refractivity contribution in [3.05, 3.63) is 46.0 Å². The van der Waals surface area contributed by atoms with Gasteiger partial charge in [-0.15, -0.1) is 21.5 Å². The number of aromatic nitrogens is 4. The first-order valence-corrected chi connectivity index (χ1v) is 13.6. The number of carbonyl (C=O) groups excluding carboxylic acids is 2. The van der Waals surface area contributed by atoms with E-state index in [1.165, 1.54) is 22.7 Å². The number of pyridine rings is 1. The molecule has 3 amide bonds. The Morgan fingerprint density at radius 3 is 2.49 bits per heavy atom. The van der Waals surface area contributed by atoms with Gasteiger partial charge in [-0.05, 0) is 31.9 Å². The van der Waals surface area contributed by atoms with E-state index in [0.717, 1.165) is 36.8 Å². The number of hydrogen-bond donors (Lipinski definition) is 0. The van der Waals surface area contributed by atoms with Crippen LogP contribution in [0.25, 0.3) is 0 Å². The number of hydrogen-bond acceptors (Lipinski definition) is 9. The third kappa shape index (κ3) is 5.13. The lowest BCUT2D eigenvalue weighted by atomic mass is 9.98. The molecule has 0 aliphatic carbocycles. The fraction of sp³-hybridized carbons (Fsp3) is 0.478. The summed E-state index contributed by atoms with van der Waals surface area (Å²) in [6.07, 6.45) is 3.51. The number of amides is 3. The van der Waals surface area contributed by atoms with Gasteiger partial charge in [-0.3, -0.25) is 9.69 Å². The van der Waals surface area contributed by atoms with Crippen LogP contribution in [0.4, 0.5) is 15.7 Å². The second-order valence-electron chi connectivity index (χ2n) is 8.55. The highest BCUT2D eigenvalue weighted by molar-refractivity contribution is 7.13. The van der Waals surface area contributed by atoms with Gasteiger partial charge in [0.1, 0.15) is 17.0 Å². The van der Waals surface area contributed by atoms with Gasteiger partial charge < -0.3 is 14.7 Å². The van der Waals surface area contributed by atoms with E-state index in [0.29, 0.717) is 43.5 Å². The third-order valence-electron chi connectivity index (χ3n) is 6.52. The van der Waals surface area contributed by atoms with Gasteiger partial charge in [0, 0.05) is 63.3 Å². The van der Waals surface area contributed by atoms with Gasteiger partial charge in [-0.1, -0.05) is 17.4 Å². The van der Waals surface area contributed by atoms with E-state index < -0.39 is 0 Å². The van der Waals surface area contributed by atoms with Crippen LogP contribution in [-0.2, 0) is 0 Å². The Balaban J connectivity index is 1.13. The molecule has 12 heteroatoms. The zero-order chi connectivity index (χ0) is 24.2. The number of piperazine rings is 1. The highest BCUT2D eigenvalue weighted by atomic mass is 32.1. The standard InChI is InChI=1S/C23H28N8O2S2/c1-2-31(22-27-25-16-35-22)21(32)18-15-34-20(26-18)17-6-9-29(10-7-17)23(33)30-13-11-28(12-14-30)19-5-3-4-8-24-19/h3-5,8,15-17H,2,6-7,9-14H2,1H3. The van der Waals surface area contributed by atoms with Crippen LogP contribution in [0, 0.1) is 0 Å². The van der Waals surface area contributed by atoms with Crippen LogP contribution >= 0.6 is 22.7 Å². The summed E-state index contributed by atoms with van der Waals surface area (Å²) in [5.74, 6) is 1.08. The predicted molar refractivity (Wildman–Crippen MR) is 136 cm³/mol. The molecule has 2 aliphatic rings. The maximum atomic E-state index is 13.1. The van der Waals surface area contributed by atoms with E-state index in [2.05, 4.69) is 25.1 Å². The average Bonchev–Trinajstić information content (AvgIpc) is 3.63. The quantitative estimate of drug-likeness (QED) is 0.518. The van der Waals surface area contributed by atoms with Crippen molar-refractivity contribution in [3.8, 4) is 0 Å². The van der Waals surface area contributed by atoms with Crippen LogP contribution in [0.15, 0.2) is 35.3 Å². The number of urea groups is 1. The molecule has 2 aliphatic heterocycles. The largest absolute Gasteiger partial charge is 0.353 e. The molecule has 2 saturated heterocycles. The molecule has 5 rings (SSSR count).